The minimum atomic E-state index is -3.79. The van der Waals surface area contributed by atoms with Crippen LogP contribution in [0.2, 0.25) is 0 Å². The molecular weight excluding hydrogens is 470 g/mol. The molecule has 1 aromatic heterocycles. The second-order valence-electron chi connectivity index (χ2n) is 10.1. The van der Waals surface area contributed by atoms with Crippen molar-refractivity contribution in [3.63, 3.8) is 0 Å². The largest absolute Gasteiger partial charge is 0.351 e. The van der Waals surface area contributed by atoms with Crippen molar-refractivity contribution in [3.05, 3.63) is 83.6 Å². The standard InChI is InChI=1S/C29H33N3O3S/c1-6-17-30-28(33)27-26(20-9-7-19(2)8-10-20)24-18-22(13-16-25(24)31-27)32-36(34,35)23-14-11-21(12-15-23)29(3,4)5/h7-16,18,31-32H,6,17H2,1-5H3,(H,30,33). The van der Waals surface area contributed by atoms with Crippen molar-refractivity contribution in [3.8, 4) is 11.1 Å². The molecule has 4 aromatic rings. The monoisotopic (exact) mass is 503 g/mol. The summed E-state index contributed by atoms with van der Waals surface area (Å²) in [6.07, 6.45) is 0.828. The zero-order valence-corrected chi connectivity index (χ0v) is 22.2. The summed E-state index contributed by atoms with van der Waals surface area (Å²) in [7, 11) is -3.79. The van der Waals surface area contributed by atoms with E-state index in [4.69, 9.17) is 0 Å². The maximum atomic E-state index is 13.1. The Balaban J connectivity index is 1.75. The molecule has 0 spiro atoms. The molecule has 0 unspecified atom stereocenters. The van der Waals surface area contributed by atoms with Gasteiger partial charge in [0, 0.05) is 28.7 Å². The van der Waals surface area contributed by atoms with Crippen molar-refractivity contribution in [1.82, 2.24) is 10.3 Å². The number of rotatable bonds is 7. The van der Waals surface area contributed by atoms with Crippen molar-refractivity contribution < 1.29 is 13.2 Å². The average Bonchev–Trinajstić information content (AvgIpc) is 3.21. The third-order valence-electron chi connectivity index (χ3n) is 6.18. The summed E-state index contributed by atoms with van der Waals surface area (Å²) >= 11 is 0. The van der Waals surface area contributed by atoms with Crippen LogP contribution in [0.15, 0.2) is 71.6 Å². The molecule has 0 radical (unpaired) electrons. The van der Waals surface area contributed by atoms with Crippen LogP contribution < -0.4 is 10.0 Å². The summed E-state index contributed by atoms with van der Waals surface area (Å²) in [5.41, 5.74) is 5.37. The highest BCUT2D eigenvalue weighted by atomic mass is 32.2. The van der Waals surface area contributed by atoms with Gasteiger partial charge < -0.3 is 10.3 Å². The van der Waals surface area contributed by atoms with Crippen molar-refractivity contribution >= 4 is 32.5 Å². The molecule has 0 bridgehead atoms. The number of sulfonamides is 1. The predicted octanol–water partition coefficient (Wildman–Crippen LogP) is 6.38. The van der Waals surface area contributed by atoms with E-state index in [0.29, 0.717) is 17.9 Å². The highest BCUT2D eigenvalue weighted by molar-refractivity contribution is 7.92. The number of aryl methyl sites for hydroxylation is 1. The Hall–Kier alpha value is -3.58. The fraction of sp³-hybridized carbons (Fsp3) is 0.276. The molecule has 1 heterocycles. The number of anilines is 1. The topological polar surface area (TPSA) is 91.1 Å². The lowest BCUT2D eigenvalue weighted by Gasteiger charge is -2.19. The molecule has 6 nitrogen and oxygen atoms in total. The lowest BCUT2D eigenvalue weighted by molar-refractivity contribution is 0.0950. The first kappa shape index (κ1) is 25.5. The van der Waals surface area contributed by atoms with Crippen molar-refractivity contribution in [2.75, 3.05) is 11.3 Å². The minimum Gasteiger partial charge on any atom is -0.351 e. The molecule has 36 heavy (non-hydrogen) atoms. The molecule has 0 aliphatic carbocycles. The number of aromatic amines is 1. The molecule has 0 saturated carbocycles. The number of amides is 1. The van der Waals surface area contributed by atoms with Gasteiger partial charge in [0.2, 0.25) is 0 Å². The van der Waals surface area contributed by atoms with Crippen molar-refractivity contribution in [2.24, 2.45) is 0 Å². The second-order valence-corrected chi connectivity index (χ2v) is 11.8. The molecule has 4 rings (SSSR count). The van der Waals surface area contributed by atoms with Crippen LogP contribution in [0.5, 0.6) is 0 Å². The smallest absolute Gasteiger partial charge is 0.268 e. The van der Waals surface area contributed by atoms with Gasteiger partial charge in [-0.3, -0.25) is 9.52 Å². The van der Waals surface area contributed by atoms with Crippen LogP contribution >= 0.6 is 0 Å². The molecule has 7 heteroatoms. The third-order valence-corrected chi connectivity index (χ3v) is 7.58. The Morgan fingerprint density at radius 2 is 1.61 bits per heavy atom. The number of nitrogens with one attached hydrogen (secondary N) is 3. The predicted molar refractivity (Wildman–Crippen MR) is 147 cm³/mol. The van der Waals surface area contributed by atoms with Crippen LogP contribution in [-0.4, -0.2) is 25.9 Å². The lowest BCUT2D eigenvalue weighted by Crippen LogP contribution is -2.24. The van der Waals surface area contributed by atoms with Gasteiger partial charge >= 0.3 is 0 Å². The molecule has 0 fully saturated rings. The Bertz CT molecular complexity index is 1490. The number of fused-ring (bicyclic) bond motifs is 1. The molecular formula is C29H33N3O3S. The first-order valence-corrected chi connectivity index (χ1v) is 13.6. The number of hydrogen-bond acceptors (Lipinski definition) is 3. The first-order chi connectivity index (χ1) is 17.0. The average molecular weight is 504 g/mol. The summed E-state index contributed by atoms with van der Waals surface area (Å²) in [6, 6.07) is 20.2. The van der Waals surface area contributed by atoms with Gasteiger partial charge in [0.1, 0.15) is 5.69 Å². The Morgan fingerprint density at radius 3 is 2.22 bits per heavy atom. The van der Waals surface area contributed by atoms with Crippen LogP contribution in [0.1, 0.15) is 55.7 Å². The molecule has 3 aromatic carbocycles. The molecule has 0 aliphatic heterocycles. The van der Waals surface area contributed by atoms with Crippen molar-refractivity contribution in [2.45, 2.75) is 51.3 Å². The van der Waals surface area contributed by atoms with E-state index in [-0.39, 0.29) is 16.2 Å². The fourth-order valence-electron chi connectivity index (χ4n) is 4.12. The van der Waals surface area contributed by atoms with E-state index in [1.165, 1.54) is 0 Å². The summed E-state index contributed by atoms with van der Waals surface area (Å²) < 4.78 is 29.0. The fourth-order valence-corrected chi connectivity index (χ4v) is 5.17. The summed E-state index contributed by atoms with van der Waals surface area (Å²) in [4.78, 5) is 16.4. The molecule has 0 aliphatic rings. The van der Waals surface area contributed by atoms with Gasteiger partial charge in [-0.15, -0.1) is 0 Å². The zero-order valence-electron chi connectivity index (χ0n) is 21.4. The van der Waals surface area contributed by atoms with Gasteiger partial charge in [-0.2, -0.15) is 0 Å². The van der Waals surface area contributed by atoms with Crippen LogP contribution in [0, 0.1) is 6.92 Å². The Kier molecular flexibility index (Phi) is 6.96. The van der Waals surface area contributed by atoms with Gasteiger partial charge in [-0.1, -0.05) is 69.7 Å². The van der Waals surface area contributed by atoms with E-state index < -0.39 is 10.0 Å². The second kappa shape index (κ2) is 9.82. The quantitative estimate of drug-likeness (QED) is 0.273. The van der Waals surface area contributed by atoms with Crippen LogP contribution in [-0.2, 0) is 15.4 Å². The highest BCUT2D eigenvalue weighted by Gasteiger charge is 2.21. The van der Waals surface area contributed by atoms with Crippen LogP contribution in [0.3, 0.4) is 0 Å². The van der Waals surface area contributed by atoms with E-state index in [0.717, 1.165) is 39.6 Å². The van der Waals surface area contributed by atoms with Crippen LogP contribution in [0.25, 0.3) is 22.0 Å². The van der Waals surface area contributed by atoms with Gasteiger partial charge in [-0.25, -0.2) is 8.42 Å². The Morgan fingerprint density at radius 1 is 0.944 bits per heavy atom. The normalized spacial score (nSPS) is 12.0. The number of H-pyrrole nitrogens is 1. The number of hydrogen-bond donors (Lipinski definition) is 3. The van der Waals surface area contributed by atoms with Gasteiger partial charge in [0.15, 0.2) is 0 Å². The molecule has 0 atom stereocenters. The van der Waals surface area contributed by atoms with Crippen LogP contribution in [0.4, 0.5) is 5.69 Å². The minimum absolute atomic E-state index is 0.0669. The molecule has 188 valence electrons. The number of carbonyl (C=O) groups is 1. The highest BCUT2D eigenvalue weighted by Crippen LogP contribution is 2.35. The van der Waals surface area contributed by atoms with E-state index in [1.807, 2.05) is 50.2 Å². The SMILES string of the molecule is CCCNC(=O)c1[nH]c2ccc(NS(=O)(=O)c3ccc(C(C)(C)C)cc3)cc2c1-c1ccc(C)cc1. The van der Waals surface area contributed by atoms with Gasteiger partial charge in [0.05, 0.1) is 4.90 Å². The zero-order chi connectivity index (χ0) is 26.1. The van der Waals surface area contributed by atoms with Crippen molar-refractivity contribution in [1.29, 1.82) is 0 Å². The van der Waals surface area contributed by atoms with E-state index in [9.17, 15) is 13.2 Å². The van der Waals surface area contributed by atoms with Gasteiger partial charge in [0.25, 0.3) is 15.9 Å². The lowest BCUT2D eigenvalue weighted by atomic mass is 9.87. The summed E-state index contributed by atoms with van der Waals surface area (Å²) in [5.74, 6) is -0.190. The molecule has 3 N–H and O–H groups in total. The summed E-state index contributed by atoms with van der Waals surface area (Å²) in [6.45, 7) is 10.8. The third kappa shape index (κ3) is 5.31. The molecule has 1 amide bonds. The number of carbonyl (C=O) groups excluding carboxylic acids is 1. The molecule has 0 saturated heterocycles. The Labute approximate surface area is 213 Å². The maximum Gasteiger partial charge on any atom is 0.268 e. The number of benzene rings is 3. The van der Waals surface area contributed by atoms with E-state index >= 15 is 0 Å². The van der Waals surface area contributed by atoms with E-state index in [2.05, 4.69) is 35.8 Å². The van der Waals surface area contributed by atoms with E-state index in [1.54, 1.807) is 30.3 Å². The first-order valence-electron chi connectivity index (χ1n) is 12.1. The maximum absolute atomic E-state index is 13.1. The number of aromatic nitrogens is 1. The summed E-state index contributed by atoms with van der Waals surface area (Å²) in [5, 5.41) is 3.71. The van der Waals surface area contributed by atoms with Gasteiger partial charge in [-0.05, 0) is 60.2 Å².